The van der Waals surface area contributed by atoms with Crippen LogP contribution < -0.4 is 5.73 Å². The molecule has 0 bridgehead atoms. The number of phenols is 1. The largest absolute Gasteiger partial charge is 0.508 e. The molecular weight excluding hydrogens is 272 g/mol. The number of anilines is 1. The average Bonchev–Trinajstić information content (AvgIpc) is 2.85. The fraction of sp³-hybridized carbons (Fsp3) is 0.267. The third-order valence-corrected chi connectivity index (χ3v) is 4.51. The number of hydrogen-bond donors (Lipinski definition) is 2. The SMILES string of the molecule is Cc1ccc(C(C)N(C)C(=O)c2cc(O)ccc2N)s1. The number of nitrogens with two attached hydrogens (primary N) is 1. The monoisotopic (exact) mass is 290 g/mol. The predicted octanol–water partition coefficient (Wildman–Crippen LogP) is 3.18. The highest BCUT2D eigenvalue weighted by molar-refractivity contribution is 7.12. The van der Waals surface area contributed by atoms with Gasteiger partial charge in [-0.15, -0.1) is 11.3 Å². The number of thiophene rings is 1. The second-order valence-electron chi connectivity index (χ2n) is 4.81. The van der Waals surface area contributed by atoms with Gasteiger partial charge in [-0.3, -0.25) is 4.79 Å². The Bertz CT molecular complexity index is 637. The highest BCUT2D eigenvalue weighted by atomic mass is 32.1. The van der Waals surface area contributed by atoms with Crippen LogP contribution in [0.4, 0.5) is 5.69 Å². The van der Waals surface area contributed by atoms with Gasteiger partial charge in [-0.05, 0) is 44.2 Å². The molecule has 20 heavy (non-hydrogen) atoms. The first-order chi connectivity index (χ1) is 9.40. The molecule has 0 aliphatic heterocycles. The molecule has 0 saturated heterocycles. The molecule has 106 valence electrons. The molecular formula is C15H18N2O2S. The molecule has 2 rings (SSSR count). The van der Waals surface area contributed by atoms with E-state index < -0.39 is 0 Å². The Morgan fingerprint density at radius 3 is 2.65 bits per heavy atom. The Morgan fingerprint density at radius 2 is 2.05 bits per heavy atom. The average molecular weight is 290 g/mol. The van der Waals surface area contributed by atoms with Gasteiger partial charge in [-0.25, -0.2) is 0 Å². The first-order valence-electron chi connectivity index (χ1n) is 6.32. The van der Waals surface area contributed by atoms with Gasteiger partial charge in [0.1, 0.15) is 5.75 Å². The number of rotatable bonds is 3. The van der Waals surface area contributed by atoms with Crippen molar-refractivity contribution in [1.29, 1.82) is 0 Å². The summed E-state index contributed by atoms with van der Waals surface area (Å²) in [4.78, 5) is 16.4. The lowest BCUT2D eigenvalue weighted by Gasteiger charge is -2.24. The molecule has 2 aromatic rings. The van der Waals surface area contributed by atoms with Crippen LogP contribution in [0.5, 0.6) is 5.75 Å². The van der Waals surface area contributed by atoms with E-state index in [2.05, 4.69) is 0 Å². The summed E-state index contributed by atoms with van der Waals surface area (Å²) in [5.41, 5.74) is 6.51. The van der Waals surface area contributed by atoms with Crippen LogP contribution in [-0.2, 0) is 0 Å². The summed E-state index contributed by atoms with van der Waals surface area (Å²) in [7, 11) is 1.74. The molecule has 1 atom stereocenters. The topological polar surface area (TPSA) is 66.6 Å². The molecule has 0 radical (unpaired) electrons. The van der Waals surface area contributed by atoms with Gasteiger partial charge in [0, 0.05) is 22.5 Å². The lowest BCUT2D eigenvalue weighted by molar-refractivity contribution is 0.0745. The smallest absolute Gasteiger partial charge is 0.256 e. The van der Waals surface area contributed by atoms with Crippen molar-refractivity contribution >= 4 is 22.9 Å². The van der Waals surface area contributed by atoms with Crippen molar-refractivity contribution in [3.63, 3.8) is 0 Å². The quantitative estimate of drug-likeness (QED) is 0.674. The summed E-state index contributed by atoms with van der Waals surface area (Å²) in [6.45, 7) is 4.01. The van der Waals surface area contributed by atoms with E-state index in [1.807, 2.05) is 26.0 Å². The zero-order valence-corrected chi connectivity index (χ0v) is 12.6. The van der Waals surface area contributed by atoms with Gasteiger partial charge in [0.2, 0.25) is 0 Å². The third kappa shape index (κ3) is 2.77. The van der Waals surface area contributed by atoms with E-state index >= 15 is 0 Å². The molecule has 0 aliphatic rings. The minimum absolute atomic E-state index is 0.0376. The van der Waals surface area contributed by atoms with Crippen LogP contribution in [0.3, 0.4) is 0 Å². The summed E-state index contributed by atoms with van der Waals surface area (Å²) in [6, 6.07) is 8.44. The number of aromatic hydroxyl groups is 1. The number of hydrogen-bond acceptors (Lipinski definition) is 4. The Balaban J connectivity index is 2.26. The highest BCUT2D eigenvalue weighted by Gasteiger charge is 2.21. The fourth-order valence-electron chi connectivity index (χ4n) is 1.96. The summed E-state index contributed by atoms with van der Waals surface area (Å²) in [6.07, 6.45) is 0. The van der Waals surface area contributed by atoms with E-state index in [9.17, 15) is 9.90 Å². The summed E-state index contributed by atoms with van der Waals surface area (Å²) >= 11 is 1.67. The van der Waals surface area contributed by atoms with Gasteiger partial charge in [0.25, 0.3) is 5.91 Å². The van der Waals surface area contributed by atoms with Crippen LogP contribution in [0, 0.1) is 6.92 Å². The summed E-state index contributed by atoms with van der Waals surface area (Å²) in [5, 5.41) is 9.50. The van der Waals surface area contributed by atoms with Gasteiger partial charge in [-0.1, -0.05) is 0 Å². The van der Waals surface area contributed by atoms with E-state index in [-0.39, 0.29) is 17.7 Å². The van der Waals surface area contributed by atoms with Crippen LogP contribution in [-0.4, -0.2) is 23.0 Å². The van der Waals surface area contributed by atoms with Crippen LogP contribution in [0.25, 0.3) is 0 Å². The highest BCUT2D eigenvalue weighted by Crippen LogP contribution is 2.28. The van der Waals surface area contributed by atoms with Crippen molar-refractivity contribution < 1.29 is 9.90 Å². The number of nitrogens with zero attached hydrogens (tertiary/aromatic N) is 1. The van der Waals surface area contributed by atoms with Crippen LogP contribution in [0.2, 0.25) is 0 Å². The Kier molecular flexibility index (Phi) is 3.99. The fourth-order valence-corrected chi connectivity index (χ4v) is 2.94. The van der Waals surface area contributed by atoms with E-state index in [0.717, 1.165) is 4.88 Å². The number of carbonyl (C=O) groups excluding carboxylic acids is 1. The lowest BCUT2D eigenvalue weighted by atomic mass is 10.1. The van der Waals surface area contributed by atoms with E-state index in [1.165, 1.54) is 23.1 Å². The number of nitrogen functional groups attached to an aromatic ring is 1. The van der Waals surface area contributed by atoms with Crippen molar-refractivity contribution in [1.82, 2.24) is 4.90 Å². The maximum atomic E-state index is 12.5. The van der Waals surface area contributed by atoms with Crippen molar-refractivity contribution in [2.24, 2.45) is 0 Å². The van der Waals surface area contributed by atoms with Gasteiger partial charge in [0.05, 0.1) is 11.6 Å². The number of aryl methyl sites for hydroxylation is 1. The van der Waals surface area contributed by atoms with Crippen molar-refractivity contribution in [2.75, 3.05) is 12.8 Å². The Labute approximate surface area is 122 Å². The molecule has 0 fully saturated rings. The second-order valence-corrected chi connectivity index (χ2v) is 6.13. The molecule has 1 aromatic carbocycles. The Morgan fingerprint density at radius 1 is 1.35 bits per heavy atom. The van der Waals surface area contributed by atoms with Crippen molar-refractivity contribution in [2.45, 2.75) is 19.9 Å². The zero-order chi connectivity index (χ0) is 14.9. The lowest BCUT2D eigenvalue weighted by Crippen LogP contribution is -2.29. The normalized spacial score (nSPS) is 12.2. The van der Waals surface area contributed by atoms with Crippen molar-refractivity contribution in [3.05, 3.63) is 45.6 Å². The van der Waals surface area contributed by atoms with Crippen molar-refractivity contribution in [3.8, 4) is 5.75 Å². The van der Waals surface area contributed by atoms with E-state index in [4.69, 9.17) is 5.73 Å². The van der Waals surface area contributed by atoms with Crippen LogP contribution >= 0.6 is 11.3 Å². The molecule has 0 aliphatic carbocycles. The van der Waals surface area contributed by atoms with Crippen LogP contribution in [0.1, 0.15) is 33.1 Å². The molecule has 1 heterocycles. The molecule has 3 N–H and O–H groups in total. The summed E-state index contributed by atoms with van der Waals surface area (Å²) < 4.78 is 0. The minimum atomic E-state index is -0.197. The Hall–Kier alpha value is -2.01. The zero-order valence-electron chi connectivity index (χ0n) is 11.8. The minimum Gasteiger partial charge on any atom is -0.508 e. The van der Waals surface area contributed by atoms with E-state index in [1.54, 1.807) is 23.3 Å². The number of phenolic OH excluding ortho intramolecular Hbond substituents is 1. The molecule has 0 saturated carbocycles. The number of benzene rings is 1. The predicted molar refractivity (Wildman–Crippen MR) is 82.1 cm³/mol. The maximum absolute atomic E-state index is 12.5. The second kappa shape index (κ2) is 5.54. The molecule has 1 aromatic heterocycles. The first kappa shape index (κ1) is 14.4. The van der Waals surface area contributed by atoms with Gasteiger partial charge < -0.3 is 15.7 Å². The third-order valence-electron chi connectivity index (χ3n) is 3.34. The van der Waals surface area contributed by atoms with Gasteiger partial charge >= 0.3 is 0 Å². The van der Waals surface area contributed by atoms with Gasteiger partial charge in [0.15, 0.2) is 0 Å². The molecule has 5 heteroatoms. The number of amides is 1. The standard InChI is InChI=1S/C15H18N2O2S/c1-9-4-7-14(20-9)10(2)17(3)15(19)12-8-11(18)5-6-13(12)16/h4-8,10,18H,16H2,1-3H3. The maximum Gasteiger partial charge on any atom is 0.256 e. The summed E-state index contributed by atoms with van der Waals surface area (Å²) in [5.74, 6) is -0.160. The first-order valence-corrected chi connectivity index (χ1v) is 7.13. The van der Waals surface area contributed by atoms with Crippen LogP contribution in [0.15, 0.2) is 30.3 Å². The molecule has 1 unspecified atom stereocenters. The molecule has 1 amide bonds. The molecule has 0 spiro atoms. The van der Waals surface area contributed by atoms with Gasteiger partial charge in [-0.2, -0.15) is 0 Å². The molecule has 4 nitrogen and oxygen atoms in total. The number of carbonyl (C=O) groups is 1. The van der Waals surface area contributed by atoms with E-state index in [0.29, 0.717) is 11.3 Å².